The van der Waals surface area contributed by atoms with Gasteiger partial charge >= 0.3 is 5.97 Å². The number of aromatic hydroxyl groups is 1. The quantitative estimate of drug-likeness (QED) is 0.902. The van der Waals surface area contributed by atoms with Crippen molar-refractivity contribution in [3.05, 3.63) is 46.6 Å². The number of carboxylic acids is 1. The topological polar surface area (TPSA) is 70.4 Å². The number of benzene rings is 1. The van der Waals surface area contributed by atoms with Crippen LogP contribution in [0.25, 0.3) is 11.3 Å². The van der Waals surface area contributed by atoms with E-state index in [4.69, 9.17) is 16.7 Å². The van der Waals surface area contributed by atoms with Crippen molar-refractivity contribution in [2.24, 2.45) is 0 Å². The molecule has 2 rings (SSSR count). The normalized spacial score (nSPS) is 10.4. The second-order valence-corrected chi connectivity index (χ2v) is 4.46. The molecule has 0 bridgehead atoms. The number of nitrogens with zero attached hydrogens (tertiary/aromatic N) is 1. The molecule has 0 saturated heterocycles. The highest BCUT2D eigenvalue weighted by molar-refractivity contribution is 6.32. The first-order chi connectivity index (χ1) is 9.02. The fourth-order valence-electron chi connectivity index (χ4n) is 1.79. The minimum atomic E-state index is -0.987. The maximum absolute atomic E-state index is 11.2. The Kier molecular flexibility index (Phi) is 3.71. The van der Waals surface area contributed by atoms with Gasteiger partial charge in [0.05, 0.1) is 16.3 Å². The van der Waals surface area contributed by atoms with Crippen molar-refractivity contribution in [2.45, 2.75) is 13.3 Å². The molecule has 0 fully saturated rings. The van der Waals surface area contributed by atoms with E-state index in [9.17, 15) is 9.90 Å². The maximum Gasteiger partial charge on any atom is 0.336 e. The molecule has 0 saturated carbocycles. The number of aryl methyl sites for hydroxylation is 1. The molecule has 0 aliphatic carbocycles. The number of aromatic carboxylic acids is 1. The summed E-state index contributed by atoms with van der Waals surface area (Å²) in [6.07, 6.45) is 2.14. The van der Waals surface area contributed by atoms with Gasteiger partial charge in [0.15, 0.2) is 0 Å². The molecular formula is C14H12ClNO3. The molecule has 0 atom stereocenters. The Morgan fingerprint density at radius 3 is 2.68 bits per heavy atom. The number of hydrogen-bond acceptors (Lipinski definition) is 3. The fourth-order valence-corrected chi connectivity index (χ4v) is 1.91. The zero-order valence-electron chi connectivity index (χ0n) is 10.2. The van der Waals surface area contributed by atoms with E-state index in [1.165, 1.54) is 12.1 Å². The van der Waals surface area contributed by atoms with Gasteiger partial charge in [-0.1, -0.05) is 24.6 Å². The van der Waals surface area contributed by atoms with Gasteiger partial charge in [-0.3, -0.25) is 4.98 Å². The van der Waals surface area contributed by atoms with Gasteiger partial charge in [-0.25, -0.2) is 4.79 Å². The number of pyridine rings is 1. The van der Waals surface area contributed by atoms with Crippen LogP contribution in [0, 0.1) is 0 Å². The summed E-state index contributed by atoms with van der Waals surface area (Å²) < 4.78 is 0. The minimum Gasteiger partial charge on any atom is -0.506 e. The fraction of sp³-hybridized carbons (Fsp3) is 0.143. The molecule has 4 nitrogen and oxygen atoms in total. The molecule has 0 spiro atoms. The Hall–Kier alpha value is -2.07. The summed E-state index contributed by atoms with van der Waals surface area (Å²) in [6, 6.07) is 6.19. The lowest BCUT2D eigenvalue weighted by Gasteiger charge is -2.07. The van der Waals surface area contributed by atoms with Crippen LogP contribution in [0.4, 0.5) is 0 Å². The number of phenolic OH excluding ortho intramolecular Hbond substituents is 1. The van der Waals surface area contributed by atoms with Gasteiger partial charge in [0.25, 0.3) is 0 Å². The van der Waals surface area contributed by atoms with Crippen LogP contribution in [-0.2, 0) is 6.42 Å². The molecule has 98 valence electrons. The van der Waals surface area contributed by atoms with E-state index < -0.39 is 5.97 Å². The van der Waals surface area contributed by atoms with E-state index in [0.29, 0.717) is 23.2 Å². The first-order valence-corrected chi connectivity index (χ1v) is 6.11. The second kappa shape index (κ2) is 5.28. The summed E-state index contributed by atoms with van der Waals surface area (Å²) >= 11 is 5.73. The van der Waals surface area contributed by atoms with Crippen LogP contribution in [0.2, 0.25) is 5.02 Å². The van der Waals surface area contributed by atoms with Crippen molar-refractivity contribution in [3.63, 3.8) is 0 Å². The van der Waals surface area contributed by atoms with Crippen LogP contribution in [0.5, 0.6) is 5.75 Å². The Labute approximate surface area is 115 Å². The molecule has 0 aliphatic rings. The lowest BCUT2D eigenvalue weighted by atomic mass is 10.0. The SMILES string of the molecule is CCc1cnc(-c2ccc(Cl)c(O)c2)cc1C(=O)O. The Morgan fingerprint density at radius 2 is 2.11 bits per heavy atom. The van der Waals surface area contributed by atoms with Gasteiger partial charge in [-0.05, 0) is 30.2 Å². The molecule has 1 heterocycles. The summed E-state index contributed by atoms with van der Waals surface area (Å²) in [6.45, 7) is 1.87. The van der Waals surface area contributed by atoms with Crippen molar-refractivity contribution in [1.82, 2.24) is 4.98 Å². The molecule has 0 aliphatic heterocycles. The third kappa shape index (κ3) is 2.69. The Bertz CT molecular complexity index is 641. The van der Waals surface area contributed by atoms with Gasteiger partial charge in [-0.2, -0.15) is 0 Å². The predicted molar refractivity (Wildman–Crippen MR) is 72.7 cm³/mol. The summed E-state index contributed by atoms with van der Waals surface area (Å²) in [5, 5.41) is 19.0. The van der Waals surface area contributed by atoms with E-state index in [2.05, 4.69) is 4.98 Å². The Morgan fingerprint density at radius 1 is 1.37 bits per heavy atom. The van der Waals surface area contributed by atoms with E-state index in [0.717, 1.165) is 0 Å². The molecular weight excluding hydrogens is 266 g/mol. The van der Waals surface area contributed by atoms with Crippen LogP contribution in [0.15, 0.2) is 30.5 Å². The highest BCUT2D eigenvalue weighted by atomic mass is 35.5. The zero-order valence-corrected chi connectivity index (χ0v) is 11.0. The van der Waals surface area contributed by atoms with E-state index >= 15 is 0 Å². The first-order valence-electron chi connectivity index (χ1n) is 5.74. The number of carbonyl (C=O) groups is 1. The average Bonchev–Trinajstić information content (AvgIpc) is 2.41. The predicted octanol–water partition coefficient (Wildman–Crippen LogP) is 3.37. The summed E-state index contributed by atoms with van der Waals surface area (Å²) in [5.74, 6) is -1.05. The lowest BCUT2D eigenvalue weighted by Crippen LogP contribution is -2.03. The zero-order chi connectivity index (χ0) is 14.0. The van der Waals surface area contributed by atoms with Gasteiger partial charge in [0.2, 0.25) is 0 Å². The second-order valence-electron chi connectivity index (χ2n) is 4.05. The maximum atomic E-state index is 11.2. The van der Waals surface area contributed by atoms with Gasteiger partial charge < -0.3 is 10.2 Å². The third-order valence-corrected chi connectivity index (χ3v) is 3.16. The van der Waals surface area contributed by atoms with Crippen LogP contribution in [0.3, 0.4) is 0 Å². The molecule has 0 radical (unpaired) electrons. The lowest BCUT2D eigenvalue weighted by molar-refractivity contribution is 0.0695. The highest BCUT2D eigenvalue weighted by Crippen LogP contribution is 2.29. The van der Waals surface area contributed by atoms with Crippen LogP contribution in [-0.4, -0.2) is 21.2 Å². The number of carboxylic acid groups (broad SMARTS) is 1. The van der Waals surface area contributed by atoms with Gasteiger partial charge in [0, 0.05) is 11.8 Å². The summed E-state index contributed by atoms with van der Waals surface area (Å²) in [5.41, 5.74) is 2.00. The largest absolute Gasteiger partial charge is 0.506 e. The van der Waals surface area contributed by atoms with E-state index in [1.807, 2.05) is 6.92 Å². The molecule has 19 heavy (non-hydrogen) atoms. The number of hydrogen-bond donors (Lipinski definition) is 2. The van der Waals surface area contributed by atoms with Crippen molar-refractivity contribution >= 4 is 17.6 Å². The standard InChI is InChI=1S/C14H12ClNO3/c1-2-8-7-16-12(6-10(8)14(18)19)9-3-4-11(15)13(17)5-9/h3-7,17H,2H2,1H3,(H,18,19). The molecule has 1 aromatic carbocycles. The van der Waals surface area contributed by atoms with Crippen LogP contribution >= 0.6 is 11.6 Å². The van der Waals surface area contributed by atoms with Gasteiger partial charge in [-0.15, -0.1) is 0 Å². The number of phenols is 1. The summed E-state index contributed by atoms with van der Waals surface area (Å²) in [7, 11) is 0. The number of aromatic nitrogens is 1. The average molecular weight is 278 g/mol. The third-order valence-electron chi connectivity index (χ3n) is 2.84. The van der Waals surface area contributed by atoms with Crippen LogP contribution < -0.4 is 0 Å². The van der Waals surface area contributed by atoms with Crippen molar-refractivity contribution in [2.75, 3.05) is 0 Å². The highest BCUT2D eigenvalue weighted by Gasteiger charge is 2.12. The van der Waals surface area contributed by atoms with Crippen molar-refractivity contribution in [3.8, 4) is 17.0 Å². The Balaban J connectivity index is 2.53. The number of rotatable bonds is 3. The molecule has 0 amide bonds. The van der Waals surface area contributed by atoms with Crippen molar-refractivity contribution < 1.29 is 15.0 Å². The van der Waals surface area contributed by atoms with E-state index in [-0.39, 0.29) is 16.3 Å². The van der Waals surface area contributed by atoms with Gasteiger partial charge in [0.1, 0.15) is 5.75 Å². The minimum absolute atomic E-state index is 0.0580. The summed E-state index contributed by atoms with van der Waals surface area (Å²) in [4.78, 5) is 15.4. The molecule has 0 unspecified atom stereocenters. The van der Waals surface area contributed by atoms with Crippen molar-refractivity contribution in [1.29, 1.82) is 0 Å². The molecule has 1 aromatic heterocycles. The number of halogens is 1. The van der Waals surface area contributed by atoms with Crippen LogP contribution in [0.1, 0.15) is 22.8 Å². The monoisotopic (exact) mass is 277 g/mol. The molecule has 5 heteroatoms. The molecule has 2 aromatic rings. The molecule has 2 N–H and O–H groups in total. The smallest absolute Gasteiger partial charge is 0.336 e. The first kappa shape index (κ1) is 13.4. The van der Waals surface area contributed by atoms with E-state index in [1.54, 1.807) is 18.3 Å².